The summed E-state index contributed by atoms with van der Waals surface area (Å²) in [6.45, 7) is 6.91. The summed E-state index contributed by atoms with van der Waals surface area (Å²) in [5.41, 5.74) is 4.72. The molecule has 4 aromatic rings. The molecule has 7 heteroatoms. The molecular formula is C25H26N4O2S. The highest BCUT2D eigenvalue weighted by atomic mass is 32.1. The molecule has 0 amide bonds. The first-order chi connectivity index (χ1) is 15.6. The van der Waals surface area contributed by atoms with Crippen molar-refractivity contribution in [2.75, 3.05) is 6.61 Å². The molecule has 0 unspecified atom stereocenters. The maximum absolute atomic E-state index is 12.7. The van der Waals surface area contributed by atoms with Crippen molar-refractivity contribution in [1.82, 2.24) is 14.1 Å². The zero-order valence-electron chi connectivity index (χ0n) is 18.5. The average Bonchev–Trinajstić information content (AvgIpc) is 3.40. The highest BCUT2D eigenvalue weighted by Gasteiger charge is 2.20. The van der Waals surface area contributed by atoms with Crippen LogP contribution in [0.2, 0.25) is 0 Å². The van der Waals surface area contributed by atoms with Crippen molar-refractivity contribution in [2.45, 2.75) is 33.7 Å². The standard InChI is InChI=1S/C25H26N4O2S/c1-4-15-28-17-26-23(22(28)24(30)31-5-2)27-25-29(20-9-7-6-8-10-20)21(16-32-25)19-13-11-18(3)12-14-19/h6-14,16-17H,4-5,15H2,1-3H3. The van der Waals surface area contributed by atoms with E-state index in [4.69, 9.17) is 9.73 Å². The Morgan fingerprint density at radius 3 is 2.53 bits per heavy atom. The van der Waals surface area contributed by atoms with Gasteiger partial charge in [0, 0.05) is 17.6 Å². The number of carbonyl (C=O) groups excluding carboxylic acids is 1. The molecule has 0 atom stereocenters. The molecule has 6 nitrogen and oxygen atoms in total. The van der Waals surface area contributed by atoms with Crippen LogP contribution in [0, 0.1) is 6.92 Å². The fraction of sp³-hybridized carbons (Fsp3) is 0.240. The predicted octanol–water partition coefficient (Wildman–Crippen LogP) is 5.53. The van der Waals surface area contributed by atoms with Crippen molar-refractivity contribution in [3.05, 3.63) is 82.4 Å². The molecule has 0 bridgehead atoms. The minimum atomic E-state index is -0.404. The highest BCUT2D eigenvalue weighted by Crippen LogP contribution is 2.25. The van der Waals surface area contributed by atoms with E-state index >= 15 is 0 Å². The van der Waals surface area contributed by atoms with Crippen LogP contribution in [0.4, 0.5) is 5.82 Å². The van der Waals surface area contributed by atoms with Gasteiger partial charge in [0.2, 0.25) is 0 Å². The number of aryl methyl sites for hydroxylation is 2. The van der Waals surface area contributed by atoms with Crippen LogP contribution in [-0.4, -0.2) is 26.7 Å². The topological polar surface area (TPSA) is 61.4 Å². The minimum absolute atomic E-state index is 0.302. The van der Waals surface area contributed by atoms with Crippen LogP contribution >= 0.6 is 11.3 Å². The van der Waals surface area contributed by atoms with Gasteiger partial charge in [0.1, 0.15) is 0 Å². The van der Waals surface area contributed by atoms with Gasteiger partial charge in [0.05, 0.1) is 18.6 Å². The number of hydrogen-bond donors (Lipinski definition) is 0. The summed E-state index contributed by atoms with van der Waals surface area (Å²) < 4.78 is 9.21. The summed E-state index contributed by atoms with van der Waals surface area (Å²) in [6, 6.07) is 18.5. The van der Waals surface area contributed by atoms with E-state index < -0.39 is 5.97 Å². The van der Waals surface area contributed by atoms with Crippen molar-refractivity contribution in [2.24, 2.45) is 4.99 Å². The summed E-state index contributed by atoms with van der Waals surface area (Å²) in [6.07, 6.45) is 2.54. The molecular weight excluding hydrogens is 420 g/mol. The predicted molar refractivity (Wildman–Crippen MR) is 128 cm³/mol. The zero-order valence-corrected chi connectivity index (χ0v) is 19.3. The lowest BCUT2D eigenvalue weighted by atomic mass is 10.1. The Bertz CT molecular complexity index is 1270. The number of ether oxygens (including phenoxy) is 1. The number of esters is 1. The first kappa shape index (κ1) is 21.8. The van der Waals surface area contributed by atoms with Gasteiger partial charge in [-0.05, 0) is 38.0 Å². The van der Waals surface area contributed by atoms with E-state index in [1.807, 2.05) is 34.9 Å². The fourth-order valence-corrected chi connectivity index (χ4v) is 4.41. The van der Waals surface area contributed by atoms with E-state index in [1.165, 1.54) is 16.9 Å². The number of para-hydroxylation sites is 1. The molecule has 0 aliphatic rings. The average molecular weight is 447 g/mol. The van der Waals surface area contributed by atoms with Crippen LogP contribution < -0.4 is 4.80 Å². The van der Waals surface area contributed by atoms with Crippen molar-refractivity contribution in [1.29, 1.82) is 0 Å². The Morgan fingerprint density at radius 1 is 1.09 bits per heavy atom. The van der Waals surface area contributed by atoms with E-state index in [9.17, 15) is 4.79 Å². The van der Waals surface area contributed by atoms with E-state index in [1.54, 1.807) is 13.3 Å². The molecule has 164 valence electrons. The molecule has 2 aromatic carbocycles. The Morgan fingerprint density at radius 2 is 1.84 bits per heavy atom. The van der Waals surface area contributed by atoms with Gasteiger partial charge < -0.3 is 9.30 Å². The fourth-order valence-electron chi connectivity index (χ4n) is 3.50. The number of thiazole rings is 1. The van der Waals surface area contributed by atoms with E-state index in [2.05, 4.69) is 53.0 Å². The van der Waals surface area contributed by atoms with E-state index in [0.29, 0.717) is 24.7 Å². The second-order valence-electron chi connectivity index (χ2n) is 7.38. The first-order valence-electron chi connectivity index (χ1n) is 10.7. The molecule has 0 aliphatic heterocycles. The summed E-state index contributed by atoms with van der Waals surface area (Å²) in [7, 11) is 0. The summed E-state index contributed by atoms with van der Waals surface area (Å²) in [5.74, 6) is -0.0299. The summed E-state index contributed by atoms with van der Waals surface area (Å²) in [5, 5.41) is 2.09. The molecule has 0 saturated heterocycles. The minimum Gasteiger partial charge on any atom is -0.461 e. The van der Waals surface area contributed by atoms with Gasteiger partial charge in [-0.1, -0.05) is 55.0 Å². The number of nitrogens with zero attached hydrogens (tertiary/aromatic N) is 4. The van der Waals surface area contributed by atoms with Crippen LogP contribution in [0.1, 0.15) is 36.3 Å². The van der Waals surface area contributed by atoms with Crippen molar-refractivity contribution < 1.29 is 9.53 Å². The number of benzene rings is 2. The maximum Gasteiger partial charge on any atom is 0.358 e. The lowest BCUT2D eigenvalue weighted by Gasteiger charge is -2.10. The molecule has 0 fully saturated rings. The second-order valence-corrected chi connectivity index (χ2v) is 8.22. The molecule has 2 aromatic heterocycles. The zero-order chi connectivity index (χ0) is 22.5. The van der Waals surface area contributed by atoms with Crippen LogP contribution in [0.3, 0.4) is 0 Å². The quantitative estimate of drug-likeness (QED) is 0.351. The van der Waals surface area contributed by atoms with E-state index in [-0.39, 0.29) is 0 Å². The maximum atomic E-state index is 12.7. The highest BCUT2D eigenvalue weighted by molar-refractivity contribution is 7.07. The van der Waals surface area contributed by atoms with E-state index in [0.717, 1.165) is 28.2 Å². The Hall–Kier alpha value is -3.45. The van der Waals surface area contributed by atoms with Crippen molar-refractivity contribution >= 4 is 23.1 Å². The smallest absolute Gasteiger partial charge is 0.358 e. The molecule has 32 heavy (non-hydrogen) atoms. The third-order valence-corrected chi connectivity index (χ3v) is 5.85. The third-order valence-electron chi connectivity index (χ3n) is 5.02. The Balaban J connectivity index is 1.91. The molecule has 2 heterocycles. The lowest BCUT2D eigenvalue weighted by Crippen LogP contribution is -2.15. The van der Waals surface area contributed by atoms with Gasteiger partial charge in [0.15, 0.2) is 16.3 Å². The number of aromatic nitrogens is 3. The van der Waals surface area contributed by atoms with Crippen molar-refractivity contribution in [3.63, 3.8) is 0 Å². The van der Waals surface area contributed by atoms with Crippen molar-refractivity contribution in [3.8, 4) is 16.9 Å². The number of hydrogen-bond acceptors (Lipinski definition) is 5. The second kappa shape index (κ2) is 9.78. The molecule has 4 rings (SSSR count). The molecule has 0 spiro atoms. The largest absolute Gasteiger partial charge is 0.461 e. The van der Waals surface area contributed by atoms with Gasteiger partial charge in [-0.15, -0.1) is 11.3 Å². The van der Waals surface area contributed by atoms with Gasteiger partial charge in [-0.3, -0.25) is 4.57 Å². The Labute approximate surface area is 191 Å². The number of carbonyl (C=O) groups is 1. The molecule has 0 aliphatic carbocycles. The normalized spacial score (nSPS) is 11.7. The van der Waals surface area contributed by atoms with Gasteiger partial charge in [-0.25, -0.2) is 9.78 Å². The van der Waals surface area contributed by atoms with Gasteiger partial charge in [-0.2, -0.15) is 4.99 Å². The van der Waals surface area contributed by atoms with Crippen LogP contribution in [0.5, 0.6) is 0 Å². The lowest BCUT2D eigenvalue weighted by molar-refractivity contribution is 0.0514. The van der Waals surface area contributed by atoms with Crippen LogP contribution in [0.15, 0.2) is 71.3 Å². The van der Waals surface area contributed by atoms with Gasteiger partial charge in [0.25, 0.3) is 0 Å². The number of rotatable bonds is 7. The van der Waals surface area contributed by atoms with Crippen LogP contribution in [-0.2, 0) is 11.3 Å². The molecule has 0 radical (unpaired) electrons. The Kier molecular flexibility index (Phi) is 6.66. The molecule has 0 saturated carbocycles. The SMILES string of the molecule is CCCn1cnc(N=c2scc(-c3ccc(C)cc3)n2-c2ccccc2)c1C(=O)OCC. The van der Waals surface area contributed by atoms with Gasteiger partial charge >= 0.3 is 5.97 Å². The first-order valence-corrected chi connectivity index (χ1v) is 11.6. The summed E-state index contributed by atoms with van der Waals surface area (Å²) in [4.78, 5) is 22.7. The number of imidazole rings is 1. The summed E-state index contributed by atoms with van der Waals surface area (Å²) >= 11 is 1.52. The van der Waals surface area contributed by atoms with Crippen LogP contribution in [0.25, 0.3) is 16.9 Å². The monoisotopic (exact) mass is 446 g/mol. The molecule has 0 N–H and O–H groups in total. The third kappa shape index (κ3) is 4.43.